The monoisotopic (exact) mass is 415 g/mol. The minimum atomic E-state index is -0.924. The third kappa shape index (κ3) is 3.33. The van der Waals surface area contributed by atoms with Gasteiger partial charge in [-0.2, -0.15) is 0 Å². The molecule has 3 nitrogen and oxygen atoms in total. The number of nitrogens with zero attached hydrogens (tertiary/aromatic N) is 1. The third-order valence-corrected chi connectivity index (χ3v) is 8.46. The third-order valence-electron chi connectivity index (χ3n) is 8.46. The Morgan fingerprint density at radius 3 is 2.45 bits per heavy atom. The van der Waals surface area contributed by atoms with Crippen molar-refractivity contribution in [3.8, 4) is 0 Å². The summed E-state index contributed by atoms with van der Waals surface area (Å²) in [6, 6.07) is 10.9. The quantitative estimate of drug-likeness (QED) is 0.592. The fourth-order valence-corrected chi connectivity index (χ4v) is 6.12. The van der Waals surface area contributed by atoms with Crippen molar-refractivity contribution in [3.05, 3.63) is 76.1 Å². The summed E-state index contributed by atoms with van der Waals surface area (Å²) in [6.07, 6.45) is 10.8. The smallest absolute Gasteiger partial charge is 0.337 e. The number of carboxylic acid groups (broad SMARTS) is 1. The predicted octanol–water partition coefficient (Wildman–Crippen LogP) is 6.35. The van der Waals surface area contributed by atoms with Crippen LogP contribution in [0.15, 0.2) is 48.2 Å². The van der Waals surface area contributed by atoms with Gasteiger partial charge >= 0.3 is 5.97 Å². The van der Waals surface area contributed by atoms with Gasteiger partial charge in [0, 0.05) is 23.7 Å². The Balaban J connectivity index is 1.37. The van der Waals surface area contributed by atoms with E-state index >= 15 is 0 Å². The number of carbonyl (C=O) groups is 1. The zero-order chi connectivity index (χ0) is 22.0. The van der Waals surface area contributed by atoms with Crippen LogP contribution in [0.1, 0.15) is 92.5 Å². The lowest BCUT2D eigenvalue weighted by molar-refractivity contribution is 0.0696. The van der Waals surface area contributed by atoms with Gasteiger partial charge in [0.15, 0.2) is 0 Å². The van der Waals surface area contributed by atoms with E-state index in [0.717, 1.165) is 12.1 Å². The summed E-state index contributed by atoms with van der Waals surface area (Å²) in [5.41, 5.74) is 8.30. The summed E-state index contributed by atoms with van der Waals surface area (Å²) in [6.45, 7) is 9.61. The lowest BCUT2D eigenvalue weighted by Gasteiger charge is -2.42. The fraction of sp³-hybridized carbons (Fsp3) is 0.500. The number of hydrogen-bond donors (Lipinski definition) is 1. The van der Waals surface area contributed by atoms with Crippen molar-refractivity contribution in [2.24, 2.45) is 5.92 Å². The van der Waals surface area contributed by atoms with Crippen molar-refractivity contribution in [1.82, 2.24) is 4.98 Å². The number of hydrogen-bond acceptors (Lipinski definition) is 2. The van der Waals surface area contributed by atoms with Crippen LogP contribution in [-0.4, -0.2) is 16.1 Å². The molecule has 3 aliphatic carbocycles. The Kier molecular flexibility index (Phi) is 4.48. The number of benzene rings is 1. The molecular formula is C28H33NO2. The SMILES string of the molecule is CC1(C)CCC(C)(C)c2cc(C34CC/C(=C/Cc5ccc(C(=O)O)cn5)C3C4)ccc21. The number of carboxylic acids is 1. The molecule has 2 saturated carbocycles. The fourth-order valence-electron chi connectivity index (χ4n) is 6.12. The van der Waals surface area contributed by atoms with Gasteiger partial charge in [0.05, 0.1) is 5.56 Å². The predicted molar refractivity (Wildman–Crippen MR) is 124 cm³/mol. The second-order valence-corrected chi connectivity index (χ2v) is 11.3. The van der Waals surface area contributed by atoms with Gasteiger partial charge in [-0.05, 0) is 77.7 Å². The second kappa shape index (κ2) is 6.79. The number of aromatic carboxylic acids is 1. The molecule has 1 heterocycles. The van der Waals surface area contributed by atoms with Crippen LogP contribution in [0, 0.1) is 5.92 Å². The molecular weight excluding hydrogens is 382 g/mol. The molecule has 2 fully saturated rings. The molecule has 0 spiro atoms. The normalized spacial score (nSPS) is 28.8. The molecule has 1 N–H and O–H groups in total. The number of rotatable bonds is 4. The van der Waals surface area contributed by atoms with Gasteiger partial charge in [0.1, 0.15) is 0 Å². The first-order chi connectivity index (χ1) is 14.6. The van der Waals surface area contributed by atoms with E-state index in [4.69, 9.17) is 5.11 Å². The standard InChI is InChI=1S/C28H33NO2/c1-26(2)13-14-27(3,4)23-15-20(7-10-22(23)26)28-12-11-18(24(28)16-28)5-8-21-9-6-19(17-29-21)25(30)31/h5-7,9-10,15,17,24H,8,11-14,16H2,1-4H3,(H,30,31)/b18-5-. The average Bonchev–Trinajstić information content (AvgIpc) is 3.37. The summed E-state index contributed by atoms with van der Waals surface area (Å²) in [7, 11) is 0. The maximum absolute atomic E-state index is 11.0. The van der Waals surface area contributed by atoms with Gasteiger partial charge in [0.2, 0.25) is 0 Å². The molecule has 31 heavy (non-hydrogen) atoms. The molecule has 1 aromatic carbocycles. The minimum Gasteiger partial charge on any atom is -0.478 e. The Labute approximate surface area is 185 Å². The molecule has 162 valence electrons. The summed E-state index contributed by atoms with van der Waals surface area (Å²) in [4.78, 5) is 15.3. The van der Waals surface area contributed by atoms with Crippen LogP contribution in [-0.2, 0) is 22.7 Å². The molecule has 2 aromatic rings. The first-order valence-electron chi connectivity index (χ1n) is 11.7. The first kappa shape index (κ1) is 20.5. The van der Waals surface area contributed by atoms with Crippen molar-refractivity contribution in [2.75, 3.05) is 0 Å². The minimum absolute atomic E-state index is 0.247. The van der Waals surface area contributed by atoms with Gasteiger partial charge in [-0.25, -0.2) is 4.79 Å². The molecule has 0 amide bonds. The van der Waals surface area contributed by atoms with Crippen molar-refractivity contribution in [1.29, 1.82) is 0 Å². The summed E-state index contributed by atoms with van der Waals surface area (Å²) in [5.74, 6) is -0.254. The van der Waals surface area contributed by atoms with E-state index in [1.54, 1.807) is 28.3 Å². The highest BCUT2D eigenvalue weighted by Gasteiger charge is 2.60. The zero-order valence-corrected chi connectivity index (χ0v) is 19.2. The molecule has 5 rings (SSSR count). The molecule has 0 bridgehead atoms. The van der Waals surface area contributed by atoms with Crippen LogP contribution < -0.4 is 0 Å². The maximum Gasteiger partial charge on any atom is 0.337 e. The number of aromatic nitrogens is 1. The van der Waals surface area contributed by atoms with Gasteiger partial charge < -0.3 is 5.11 Å². The zero-order valence-electron chi connectivity index (χ0n) is 19.2. The van der Waals surface area contributed by atoms with Crippen molar-refractivity contribution < 1.29 is 9.90 Å². The van der Waals surface area contributed by atoms with Gasteiger partial charge in [-0.1, -0.05) is 57.5 Å². The van der Waals surface area contributed by atoms with E-state index in [9.17, 15) is 4.79 Å². The molecule has 3 aliphatic rings. The Morgan fingerprint density at radius 1 is 1.06 bits per heavy atom. The van der Waals surface area contributed by atoms with Crippen LogP contribution in [0.25, 0.3) is 0 Å². The summed E-state index contributed by atoms with van der Waals surface area (Å²) < 4.78 is 0. The van der Waals surface area contributed by atoms with Crippen molar-refractivity contribution in [2.45, 2.75) is 82.5 Å². The van der Waals surface area contributed by atoms with Crippen LogP contribution >= 0.6 is 0 Å². The van der Waals surface area contributed by atoms with Crippen LogP contribution in [0.2, 0.25) is 0 Å². The lowest BCUT2D eigenvalue weighted by Crippen LogP contribution is -2.34. The molecule has 0 radical (unpaired) electrons. The average molecular weight is 416 g/mol. The van der Waals surface area contributed by atoms with Gasteiger partial charge in [0.25, 0.3) is 0 Å². The van der Waals surface area contributed by atoms with E-state index in [2.05, 4.69) is 57.0 Å². The molecule has 3 heteroatoms. The highest BCUT2D eigenvalue weighted by molar-refractivity contribution is 5.87. The molecule has 2 unspecified atom stereocenters. The number of allylic oxidation sites excluding steroid dienone is 2. The number of fused-ring (bicyclic) bond motifs is 2. The lowest BCUT2D eigenvalue weighted by atomic mass is 9.62. The molecule has 0 saturated heterocycles. The van der Waals surface area contributed by atoms with E-state index < -0.39 is 5.97 Å². The molecule has 1 aromatic heterocycles. The van der Waals surface area contributed by atoms with Gasteiger partial charge in [-0.15, -0.1) is 0 Å². The van der Waals surface area contributed by atoms with Crippen LogP contribution in [0.4, 0.5) is 0 Å². The Hall–Kier alpha value is -2.42. The highest BCUT2D eigenvalue weighted by atomic mass is 16.4. The van der Waals surface area contributed by atoms with E-state index in [1.165, 1.54) is 38.3 Å². The summed E-state index contributed by atoms with van der Waals surface area (Å²) in [5, 5.41) is 9.04. The molecule has 0 aliphatic heterocycles. The second-order valence-electron chi connectivity index (χ2n) is 11.3. The summed E-state index contributed by atoms with van der Waals surface area (Å²) >= 11 is 0. The van der Waals surface area contributed by atoms with Crippen LogP contribution in [0.3, 0.4) is 0 Å². The van der Waals surface area contributed by atoms with E-state index in [0.29, 0.717) is 11.3 Å². The number of pyridine rings is 1. The van der Waals surface area contributed by atoms with Gasteiger partial charge in [-0.3, -0.25) is 4.98 Å². The topological polar surface area (TPSA) is 50.2 Å². The van der Waals surface area contributed by atoms with E-state index in [1.807, 2.05) is 6.07 Å². The first-order valence-corrected chi connectivity index (χ1v) is 11.7. The van der Waals surface area contributed by atoms with Crippen molar-refractivity contribution >= 4 is 5.97 Å². The largest absolute Gasteiger partial charge is 0.478 e. The van der Waals surface area contributed by atoms with E-state index in [-0.39, 0.29) is 16.4 Å². The molecule has 2 atom stereocenters. The Bertz CT molecular complexity index is 1080. The maximum atomic E-state index is 11.0. The highest BCUT2D eigenvalue weighted by Crippen LogP contribution is 2.67. The van der Waals surface area contributed by atoms with Crippen LogP contribution in [0.5, 0.6) is 0 Å². The Morgan fingerprint density at radius 2 is 1.81 bits per heavy atom. The van der Waals surface area contributed by atoms with Crippen molar-refractivity contribution in [3.63, 3.8) is 0 Å².